The van der Waals surface area contributed by atoms with Crippen molar-refractivity contribution in [3.63, 3.8) is 0 Å². The molecule has 3 aliphatic heterocycles. The molecule has 11 heteroatoms. The SMILES string of the molecule is CC(OP(=O)(N1CC1)N1CC1)c1ccc([N+](=O)[O-])c(Oc2cccc(C(=O)N3CCC(C)(C)CC3)c2)c1. The molecule has 0 aromatic heterocycles. The van der Waals surface area contributed by atoms with Crippen LogP contribution in [0.2, 0.25) is 0 Å². The number of amides is 1. The minimum absolute atomic E-state index is 0.0376. The maximum Gasteiger partial charge on any atom is 0.346 e. The van der Waals surface area contributed by atoms with Crippen molar-refractivity contribution in [2.75, 3.05) is 39.3 Å². The van der Waals surface area contributed by atoms with Crippen molar-refractivity contribution >= 4 is 19.3 Å². The van der Waals surface area contributed by atoms with Crippen molar-refractivity contribution in [2.24, 2.45) is 5.41 Å². The fraction of sp³-hybridized carbons (Fsp3) is 0.500. The van der Waals surface area contributed by atoms with E-state index in [1.807, 2.05) is 14.2 Å². The third kappa shape index (κ3) is 5.72. The number of piperidine rings is 1. The van der Waals surface area contributed by atoms with Crippen LogP contribution in [0.4, 0.5) is 5.69 Å². The van der Waals surface area contributed by atoms with Gasteiger partial charge in [0.15, 0.2) is 0 Å². The number of benzene rings is 2. The fourth-order valence-electron chi connectivity index (χ4n) is 4.51. The number of hydrogen-bond acceptors (Lipinski definition) is 6. The Bertz CT molecular complexity index is 1230. The van der Waals surface area contributed by atoms with Crippen LogP contribution in [0.1, 0.15) is 55.6 Å². The second kappa shape index (κ2) is 9.83. The minimum atomic E-state index is -3.06. The molecule has 3 saturated heterocycles. The topological polar surface area (TPSA) is 105 Å². The maximum absolute atomic E-state index is 13.4. The molecule has 3 aliphatic rings. The molecule has 1 atom stereocenters. The molecule has 198 valence electrons. The lowest BCUT2D eigenvalue weighted by molar-refractivity contribution is -0.385. The summed E-state index contributed by atoms with van der Waals surface area (Å²) in [5.74, 6) is 0.290. The number of nitro benzene ring substituents is 1. The molecule has 0 bridgehead atoms. The summed E-state index contributed by atoms with van der Waals surface area (Å²) >= 11 is 0. The van der Waals surface area contributed by atoms with Crippen molar-refractivity contribution in [2.45, 2.75) is 39.7 Å². The average Bonchev–Trinajstić information content (AvgIpc) is 3.76. The van der Waals surface area contributed by atoms with Crippen molar-refractivity contribution in [3.05, 3.63) is 63.7 Å². The van der Waals surface area contributed by atoms with E-state index in [2.05, 4.69) is 13.8 Å². The van der Waals surface area contributed by atoms with Crippen LogP contribution in [0, 0.1) is 15.5 Å². The number of likely N-dealkylation sites (tertiary alicyclic amines) is 1. The van der Waals surface area contributed by atoms with Crippen LogP contribution in [0.25, 0.3) is 0 Å². The van der Waals surface area contributed by atoms with Crippen molar-refractivity contribution in [3.8, 4) is 11.5 Å². The van der Waals surface area contributed by atoms with Crippen molar-refractivity contribution < 1.29 is 23.5 Å². The second-order valence-corrected chi connectivity index (χ2v) is 13.0. The van der Waals surface area contributed by atoms with E-state index >= 15 is 0 Å². The van der Waals surface area contributed by atoms with Gasteiger partial charge in [-0.25, -0.2) is 9.34 Å². The van der Waals surface area contributed by atoms with Crippen molar-refractivity contribution in [1.82, 2.24) is 14.2 Å². The summed E-state index contributed by atoms with van der Waals surface area (Å²) in [5, 5.41) is 11.7. The van der Waals surface area contributed by atoms with Gasteiger partial charge in [-0.3, -0.25) is 24.0 Å². The molecule has 5 rings (SSSR count). The van der Waals surface area contributed by atoms with Gasteiger partial charge < -0.3 is 9.64 Å². The molecule has 0 N–H and O–H groups in total. The highest BCUT2D eigenvalue weighted by molar-refractivity contribution is 7.54. The Labute approximate surface area is 216 Å². The number of rotatable bonds is 9. The van der Waals surface area contributed by atoms with E-state index in [4.69, 9.17) is 9.26 Å². The van der Waals surface area contributed by atoms with Crippen LogP contribution in [-0.4, -0.2) is 64.3 Å². The van der Waals surface area contributed by atoms with Crippen LogP contribution in [-0.2, 0) is 9.09 Å². The first-order valence-corrected chi connectivity index (χ1v) is 14.2. The van der Waals surface area contributed by atoms with Gasteiger partial charge in [0.1, 0.15) is 5.75 Å². The highest BCUT2D eigenvalue weighted by Gasteiger charge is 2.50. The molecule has 3 heterocycles. The molecule has 0 spiro atoms. The normalized spacial score (nSPS) is 20.4. The number of hydrogen-bond donors (Lipinski definition) is 0. The van der Waals surface area contributed by atoms with Crippen molar-refractivity contribution in [1.29, 1.82) is 0 Å². The molecule has 10 nitrogen and oxygen atoms in total. The standard InChI is InChI=1S/C26H33N4O6P/c1-19(36-37(34,28-13-14-28)29-15-16-29)20-7-8-23(30(32)33)24(18-20)35-22-6-4-5-21(17-22)25(31)27-11-9-26(2,3)10-12-27/h4-8,17-19H,9-16H2,1-3H3. The summed E-state index contributed by atoms with van der Waals surface area (Å²) < 4.78 is 29.0. The zero-order valence-electron chi connectivity index (χ0n) is 21.5. The second-order valence-electron chi connectivity index (χ2n) is 10.7. The first-order chi connectivity index (χ1) is 17.6. The lowest BCUT2D eigenvalue weighted by Gasteiger charge is -2.37. The Kier molecular flexibility index (Phi) is 6.87. The maximum atomic E-state index is 13.4. The number of nitrogens with zero attached hydrogens (tertiary/aromatic N) is 4. The van der Waals surface area contributed by atoms with Crippen LogP contribution in [0.5, 0.6) is 11.5 Å². The number of ether oxygens (including phenoxy) is 1. The van der Waals surface area contributed by atoms with Gasteiger partial charge in [0.25, 0.3) is 5.91 Å². The van der Waals surface area contributed by atoms with E-state index in [1.54, 1.807) is 43.3 Å². The predicted octanol–water partition coefficient (Wildman–Crippen LogP) is 5.47. The largest absolute Gasteiger partial charge is 0.450 e. The highest BCUT2D eigenvalue weighted by atomic mass is 31.2. The molecule has 3 fully saturated rings. The van der Waals surface area contributed by atoms with Gasteiger partial charge in [-0.05, 0) is 61.1 Å². The lowest BCUT2D eigenvalue weighted by atomic mass is 9.82. The quantitative estimate of drug-likeness (QED) is 0.183. The summed E-state index contributed by atoms with van der Waals surface area (Å²) in [5.41, 5.74) is 1.12. The number of nitro groups is 1. The molecular weight excluding hydrogens is 495 g/mol. The zero-order valence-corrected chi connectivity index (χ0v) is 22.4. The van der Waals surface area contributed by atoms with Gasteiger partial charge in [0.05, 0.1) is 11.0 Å². The Morgan fingerprint density at radius 3 is 2.27 bits per heavy atom. The Hall–Kier alpha value is -2.78. The average molecular weight is 529 g/mol. The van der Waals surface area contributed by atoms with Gasteiger partial charge in [-0.15, -0.1) is 0 Å². The summed E-state index contributed by atoms with van der Waals surface area (Å²) in [7, 11) is -3.06. The number of carbonyl (C=O) groups is 1. The van der Waals surface area contributed by atoms with Gasteiger partial charge >= 0.3 is 13.4 Å². The monoisotopic (exact) mass is 528 g/mol. The third-order valence-corrected chi connectivity index (χ3v) is 10.0. The van der Waals surface area contributed by atoms with E-state index in [-0.39, 0.29) is 22.8 Å². The molecule has 37 heavy (non-hydrogen) atoms. The molecular formula is C26H33N4O6P. The Morgan fingerprint density at radius 2 is 1.68 bits per heavy atom. The van der Waals surface area contributed by atoms with Gasteiger partial charge in [-0.1, -0.05) is 19.9 Å². The van der Waals surface area contributed by atoms with E-state index in [9.17, 15) is 19.5 Å². The summed E-state index contributed by atoms with van der Waals surface area (Å²) in [4.78, 5) is 26.2. The van der Waals surface area contributed by atoms with Gasteiger partial charge in [-0.2, -0.15) is 0 Å². The predicted molar refractivity (Wildman–Crippen MR) is 139 cm³/mol. The molecule has 1 unspecified atom stereocenters. The zero-order chi connectivity index (χ0) is 26.4. The number of carbonyl (C=O) groups excluding carboxylic acids is 1. The van der Waals surface area contributed by atoms with Gasteiger partial charge in [0.2, 0.25) is 5.75 Å². The van der Waals surface area contributed by atoms with Crippen LogP contribution < -0.4 is 4.74 Å². The fourth-order valence-corrected chi connectivity index (χ4v) is 6.86. The lowest BCUT2D eigenvalue weighted by Crippen LogP contribution is -2.41. The summed E-state index contributed by atoms with van der Waals surface area (Å²) in [6.07, 6.45) is 1.32. The smallest absolute Gasteiger partial charge is 0.346 e. The Morgan fingerprint density at radius 1 is 1.03 bits per heavy atom. The summed E-state index contributed by atoms with van der Waals surface area (Å²) in [6, 6.07) is 11.3. The summed E-state index contributed by atoms with van der Waals surface area (Å²) in [6.45, 7) is 10.5. The van der Waals surface area contributed by atoms with E-state index in [0.717, 1.165) is 39.0 Å². The highest BCUT2D eigenvalue weighted by Crippen LogP contribution is 2.63. The Balaban J connectivity index is 1.35. The molecule has 0 aliphatic carbocycles. The van der Waals surface area contributed by atoms with E-state index in [0.29, 0.717) is 30.0 Å². The van der Waals surface area contributed by atoms with E-state index < -0.39 is 18.7 Å². The first kappa shape index (κ1) is 25.9. The minimum Gasteiger partial charge on any atom is -0.450 e. The molecule has 1 amide bonds. The molecule has 2 aromatic rings. The van der Waals surface area contributed by atoms with Crippen LogP contribution >= 0.6 is 7.67 Å². The van der Waals surface area contributed by atoms with Crippen LogP contribution in [0.15, 0.2) is 42.5 Å². The molecule has 0 radical (unpaired) electrons. The van der Waals surface area contributed by atoms with Crippen LogP contribution in [0.3, 0.4) is 0 Å². The molecule has 0 saturated carbocycles. The third-order valence-electron chi connectivity index (χ3n) is 7.22. The first-order valence-electron chi connectivity index (χ1n) is 12.7. The molecule has 2 aromatic carbocycles. The van der Waals surface area contributed by atoms with E-state index in [1.165, 1.54) is 6.07 Å². The van der Waals surface area contributed by atoms with Gasteiger partial charge in [0, 0.05) is 50.9 Å².